The molecule has 4 heteroatoms. The molecular weight excluding hydrogens is 218 g/mol. The second-order valence-corrected chi connectivity index (χ2v) is 5.77. The summed E-state index contributed by atoms with van der Waals surface area (Å²) in [7, 11) is 0. The number of thiazole rings is 1. The third-order valence-electron chi connectivity index (χ3n) is 3.40. The van der Waals surface area contributed by atoms with Gasteiger partial charge in [0.05, 0.1) is 6.04 Å². The highest BCUT2D eigenvalue weighted by molar-refractivity contribution is 7.09. The molecule has 16 heavy (non-hydrogen) atoms. The average molecular weight is 239 g/mol. The number of nitrogens with zero attached hydrogens (tertiary/aromatic N) is 2. The fourth-order valence-corrected chi connectivity index (χ4v) is 2.93. The van der Waals surface area contributed by atoms with E-state index in [0.717, 1.165) is 19.6 Å². The van der Waals surface area contributed by atoms with Gasteiger partial charge in [-0.1, -0.05) is 13.8 Å². The Balaban J connectivity index is 1.99. The van der Waals surface area contributed by atoms with E-state index in [1.807, 2.05) is 6.20 Å². The summed E-state index contributed by atoms with van der Waals surface area (Å²) in [6, 6.07) is 1.08. The molecule has 3 nitrogen and oxygen atoms in total. The van der Waals surface area contributed by atoms with Gasteiger partial charge in [0, 0.05) is 37.3 Å². The van der Waals surface area contributed by atoms with Gasteiger partial charge in [-0.3, -0.25) is 4.90 Å². The number of hydrogen-bond donors (Lipinski definition) is 1. The number of aromatic nitrogens is 1. The molecule has 0 bridgehead atoms. The van der Waals surface area contributed by atoms with Crippen LogP contribution in [-0.4, -0.2) is 35.6 Å². The molecule has 1 aromatic heterocycles. The van der Waals surface area contributed by atoms with Gasteiger partial charge >= 0.3 is 0 Å². The average Bonchev–Trinajstić information content (AvgIpc) is 2.81. The van der Waals surface area contributed by atoms with Crippen LogP contribution in [0.25, 0.3) is 0 Å². The third-order valence-corrected chi connectivity index (χ3v) is 4.34. The Morgan fingerprint density at radius 1 is 1.50 bits per heavy atom. The Labute approximate surface area is 102 Å². The van der Waals surface area contributed by atoms with Gasteiger partial charge in [0.15, 0.2) is 0 Å². The molecule has 2 unspecified atom stereocenters. The Kier molecular flexibility index (Phi) is 3.95. The van der Waals surface area contributed by atoms with Gasteiger partial charge in [0.2, 0.25) is 0 Å². The molecule has 1 N–H and O–H groups in total. The van der Waals surface area contributed by atoms with Crippen LogP contribution in [0.3, 0.4) is 0 Å². The minimum Gasteiger partial charge on any atom is -0.311 e. The first-order chi connectivity index (χ1) is 7.68. The fraction of sp³-hybridized carbons (Fsp3) is 0.750. The van der Waals surface area contributed by atoms with Crippen molar-refractivity contribution in [2.24, 2.45) is 5.92 Å². The summed E-state index contributed by atoms with van der Waals surface area (Å²) >= 11 is 1.76. The Morgan fingerprint density at radius 3 is 2.94 bits per heavy atom. The van der Waals surface area contributed by atoms with E-state index in [1.165, 1.54) is 5.01 Å². The zero-order valence-corrected chi connectivity index (χ0v) is 11.1. The third kappa shape index (κ3) is 2.62. The van der Waals surface area contributed by atoms with Crippen molar-refractivity contribution in [3.63, 3.8) is 0 Å². The molecule has 0 saturated carbocycles. The Hall–Kier alpha value is -0.450. The predicted octanol–water partition coefficient (Wildman–Crippen LogP) is 2.13. The molecule has 0 radical (unpaired) electrons. The van der Waals surface area contributed by atoms with E-state index >= 15 is 0 Å². The van der Waals surface area contributed by atoms with E-state index in [4.69, 9.17) is 0 Å². The number of rotatable bonds is 3. The summed E-state index contributed by atoms with van der Waals surface area (Å²) in [5, 5.41) is 6.89. The van der Waals surface area contributed by atoms with Crippen molar-refractivity contribution >= 4 is 11.3 Å². The van der Waals surface area contributed by atoms with Crippen LogP contribution >= 0.6 is 11.3 Å². The zero-order chi connectivity index (χ0) is 11.5. The first kappa shape index (κ1) is 12.0. The summed E-state index contributed by atoms with van der Waals surface area (Å²) < 4.78 is 0. The highest BCUT2D eigenvalue weighted by Crippen LogP contribution is 2.24. The second kappa shape index (κ2) is 5.25. The number of nitrogens with one attached hydrogen (secondary N) is 1. The normalized spacial score (nSPS) is 24.9. The molecule has 0 spiro atoms. The van der Waals surface area contributed by atoms with E-state index in [0.29, 0.717) is 18.0 Å². The lowest BCUT2D eigenvalue weighted by Crippen LogP contribution is -2.53. The molecule has 0 aliphatic carbocycles. The van der Waals surface area contributed by atoms with Gasteiger partial charge < -0.3 is 5.32 Å². The quantitative estimate of drug-likeness (QED) is 0.876. The Bertz CT molecular complexity index is 310. The van der Waals surface area contributed by atoms with Gasteiger partial charge in [-0.25, -0.2) is 4.98 Å². The van der Waals surface area contributed by atoms with Crippen molar-refractivity contribution in [2.75, 3.05) is 19.6 Å². The van der Waals surface area contributed by atoms with E-state index in [-0.39, 0.29) is 0 Å². The highest BCUT2D eigenvalue weighted by atomic mass is 32.1. The topological polar surface area (TPSA) is 28.2 Å². The first-order valence-corrected chi connectivity index (χ1v) is 6.93. The fourth-order valence-electron chi connectivity index (χ4n) is 2.20. The monoisotopic (exact) mass is 239 g/mol. The lowest BCUT2D eigenvalue weighted by molar-refractivity contribution is 0.134. The molecule has 1 fully saturated rings. The van der Waals surface area contributed by atoms with Crippen LogP contribution in [0, 0.1) is 5.92 Å². The van der Waals surface area contributed by atoms with Crippen LogP contribution in [-0.2, 0) is 0 Å². The summed E-state index contributed by atoms with van der Waals surface area (Å²) in [6.07, 6.45) is 1.90. The number of piperazine rings is 1. The van der Waals surface area contributed by atoms with E-state index in [1.54, 1.807) is 11.3 Å². The van der Waals surface area contributed by atoms with Gasteiger partial charge in [-0.15, -0.1) is 11.3 Å². The summed E-state index contributed by atoms with van der Waals surface area (Å²) in [5.41, 5.74) is 0. The minimum atomic E-state index is 0.461. The van der Waals surface area contributed by atoms with Crippen LogP contribution < -0.4 is 5.32 Å². The molecule has 1 aliphatic rings. The number of hydrogen-bond acceptors (Lipinski definition) is 4. The maximum absolute atomic E-state index is 4.42. The Morgan fingerprint density at radius 2 is 2.31 bits per heavy atom. The first-order valence-electron chi connectivity index (χ1n) is 6.05. The van der Waals surface area contributed by atoms with Crippen molar-refractivity contribution in [2.45, 2.75) is 32.9 Å². The summed E-state index contributed by atoms with van der Waals surface area (Å²) in [5.74, 6) is 0.700. The molecular formula is C12H21N3S. The molecule has 1 saturated heterocycles. The van der Waals surface area contributed by atoms with Crippen LogP contribution in [0.15, 0.2) is 11.6 Å². The molecule has 2 atom stereocenters. The van der Waals surface area contributed by atoms with Crippen LogP contribution in [0.4, 0.5) is 0 Å². The van der Waals surface area contributed by atoms with Gasteiger partial charge in [0.25, 0.3) is 0 Å². The van der Waals surface area contributed by atoms with Crippen molar-refractivity contribution < 1.29 is 0 Å². The summed E-state index contributed by atoms with van der Waals surface area (Å²) in [4.78, 5) is 6.96. The van der Waals surface area contributed by atoms with Crippen LogP contribution in [0.1, 0.15) is 31.8 Å². The lowest BCUT2D eigenvalue weighted by atomic mass is 10.0. The van der Waals surface area contributed by atoms with Gasteiger partial charge in [-0.2, -0.15) is 0 Å². The maximum Gasteiger partial charge on any atom is 0.109 e. The van der Waals surface area contributed by atoms with Gasteiger partial charge in [-0.05, 0) is 12.8 Å². The van der Waals surface area contributed by atoms with Crippen molar-refractivity contribution in [1.82, 2.24) is 15.2 Å². The standard InChI is InChI=1S/C12H21N3S/c1-9(2)11-8-15(6-4-13-11)10(3)12-14-5-7-16-12/h5,7,9-11,13H,4,6,8H2,1-3H3. The molecule has 90 valence electrons. The smallest absolute Gasteiger partial charge is 0.109 e. The van der Waals surface area contributed by atoms with E-state index in [9.17, 15) is 0 Å². The zero-order valence-electron chi connectivity index (χ0n) is 10.3. The van der Waals surface area contributed by atoms with E-state index in [2.05, 4.69) is 41.4 Å². The lowest BCUT2D eigenvalue weighted by Gasteiger charge is -2.38. The van der Waals surface area contributed by atoms with Crippen molar-refractivity contribution in [1.29, 1.82) is 0 Å². The highest BCUT2D eigenvalue weighted by Gasteiger charge is 2.26. The minimum absolute atomic E-state index is 0.461. The molecule has 1 aliphatic heterocycles. The van der Waals surface area contributed by atoms with Crippen LogP contribution in [0.5, 0.6) is 0 Å². The molecule has 0 aromatic carbocycles. The predicted molar refractivity (Wildman–Crippen MR) is 68.7 cm³/mol. The van der Waals surface area contributed by atoms with Gasteiger partial charge in [0.1, 0.15) is 5.01 Å². The van der Waals surface area contributed by atoms with E-state index < -0.39 is 0 Å². The molecule has 2 heterocycles. The van der Waals surface area contributed by atoms with Crippen LogP contribution in [0.2, 0.25) is 0 Å². The SMILES string of the molecule is CC(C)C1CN(C(C)c2nccs2)CCN1. The van der Waals surface area contributed by atoms with Crippen molar-refractivity contribution in [3.05, 3.63) is 16.6 Å². The van der Waals surface area contributed by atoms with Crippen molar-refractivity contribution in [3.8, 4) is 0 Å². The summed E-state index contributed by atoms with van der Waals surface area (Å²) in [6.45, 7) is 10.2. The maximum atomic E-state index is 4.42. The largest absolute Gasteiger partial charge is 0.311 e. The molecule has 1 aromatic rings. The molecule has 0 amide bonds. The second-order valence-electron chi connectivity index (χ2n) is 4.85. The molecule has 2 rings (SSSR count).